The van der Waals surface area contributed by atoms with Crippen LogP contribution in [-0.2, 0) is 9.84 Å². The van der Waals surface area contributed by atoms with E-state index in [9.17, 15) is 8.42 Å². The Bertz CT molecular complexity index is 612. The van der Waals surface area contributed by atoms with Crippen LogP contribution in [0.3, 0.4) is 0 Å². The monoisotopic (exact) mass is 250 g/mol. The van der Waals surface area contributed by atoms with Gasteiger partial charge < -0.3 is 4.74 Å². The maximum Gasteiger partial charge on any atom is 0.323 e. The topological polar surface area (TPSA) is 69.2 Å². The Kier molecular flexibility index (Phi) is 3.06. The van der Waals surface area contributed by atoms with Gasteiger partial charge in [-0.2, -0.15) is 4.98 Å². The van der Waals surface area contributed by atoms with Crippen LogP contribution in [0.1, 0.15) is 0 Å². The van der Waals surface area contributed by atoms with Crippen molar-refractivity contribution < 1.29 is 13.2 Å². The predicted octanol–water partition coefficient (Wildman–Crippen LogP) is 1.67. The molecule has 0 unspecified atom stereocenters. The normalized spacial score (nSPS) is 11.1. The van der Waals surface area contributed by atoms with Gasteiger partial charge in [-0.1, -0.05) is 18.2 Å². The van der Waals surface area contributed by atoms with Gasteiger partial charge in [0.1, 0.15) is 5.75 Å². The van der Waals surface area contributed by atoms with E-state index < -0.39 is 9.84 Å². The molecule has 0 saturated carbocycles. The third-order valence-corrected chi connectivity index (χ3v) is 2.93. The second-order valence-electron chi connectivity index (χ2n) is 3.36. The zero-order chi connectivity index (χ0) is 12.3. The van der Waals surface area contributed by atoms with Gasteiger partial charge in [0.05, 0.1) is 0 Å². The molecule has 1 heterocycles. The standard InChI is InChI=1S/C11H10N2O3S/c1-17(14,15)10-7-8-12-11(13-10)16-9-5-3-2-4-6-9/h2-8H,1H3. The molecule has 0 bridgehead atoms. The molecule has 6 heteroatoms. The minimum Gasteiger partial charge on any atom is -0.424 e. The number of aromatic nitrogens is 2. The van der Waals surface area contributed by atoms with Gasteiger partial charge in [-0.05, 0) is 18.2 Å². The minimum absolute atomic E-state index is 0.0131. The molecule has 1 aromatic carbocycles. The Morgan fingerprint density at radius 2 is 1.82 bits per heavy atom. The van der Waals surface area contributed by atoms with Gasteiger partial charge in [-0.25, -0.2) is 13.4 Å². The number of hydrogen-bond acceptors (Lipinski definition) is 5. The van der Waals surface area contributed by atoms with Crippen LogP contribution in [0.25, 0.3) is 0 Å². The zero-order valence-electron chi connectivity index (χ0n) is 9.07. The molecule has 0 atom stereocenters. The van der Waals surface area contributed by atoms with Crippen molar-refractivity contribution in [2.24, 2.45) is 0 Å². The van der Waals surface area contributed by atoms with Gasteiger partial charge in [0, 0.05) is 12.5 Å². The van der Waals surface area contributed by atoms with E-state index in [2.05, 4.69) is 9.97 Å². The highest BCUT2D eigenvalue weighted by atomic mass is 32.2. The highest BCUT2D eigenvalue weighted by molar-refractivity contribution is 7.90. The first-order chi connectivity index (χ1) is 8.05. The molecule has 0 amide bonds. The lowest BCUT2D eigenvalue weighted by molar-refractivity contribution is 0.435. The molecular formula is C11H10N2O3S. The summed E-state index contributed by atoms with van der Waals surface area (Å²) in [5, 5.41) is -0.0570. The second kappa shape index (κ2) is 4.50. The number of para-hydroxylation sites is 1. The van der Waals surface area contributed by atoms with Gasteiger partial charge in [0.25, 0.3) is 0 Å². The molecule has 17 heavy (non-hydrogen) atoms. The molecule has 2 aromatic rings. The summed E-state index contributed by atoms with van der Waals surface area (Å²) in [6, 6.07) is 10.3. The van der Waals surface area contributed by atoms with Crippen LogP contribution < -0.4 is 4.74 Å². The lowest BCUT2D eigenvalue weighted by Crippen LogP contribution is -2.02. The summed E-state index contributed by atoms with van der Waals surface area (Å²) < 4.78 is 27.9. The fourth-order valence-electron chi connectivity index (χ4n) is 1.17. The summed E-state index contributed by atoms with van der Waals surface area (Å²) in [6.45, 7) is 0. The Morgan fingerprint density at radius 3 is 2.47 bits per heavy atom. The lowest BCUT2D eigenvalue weighted by atomic mass is 10.3. The molecule has 2 rings (SSSR count). The van der Waals surface area contributed by atoms with E-state index >= 15 is 0 Å². The van der Waals surface area contributed by atoms with Crippen molar-refractivity contribution in [1.29, 1.82) is 0 Å². The van der Waals surface area contributed by atoms with Crippen molar-refractivity contribution in [3.8, 4) is 11.8 Å². The van der Waals surface area contributed by atoms with Gasteiger partial charge in [-0.3, -0.25) is 0 Å². The van der Waals surface area contributed by atoms with E-state index in [1.54, 1.807) is 24.3 Å². The average molecular weight is 250 g/mol. The lowest BCUT2D eigenvalue weighted by Gasteiger charge is -2.03. The van der Waals surface area contributed by atoms with Crippen molar-refractivity contribution in [3.05, 3.63) is 42.6 Å². The minimum atomic E-state index is -3.35. The highest BCUT2D eigenvalue weighted by Gasteiger charge is 2.10. The van der Waals surface area contributed by atoms with E-state index in [0.29, 0.717) is 5.75 Å². The van der Waals surface area contributed by atoms with Crippen LogP contribution in [0.5, 0.6) is 11.8 Å². The average Bonchev–Trinajstić information content (AvgIpc) is 2.29. The molecule has 0 aliphatic carbocycles. The molecule has 0 radical (unpaired) electrons. The first-order valence-corrected chi connectivity index (χ1v) is 6.71. The smallest absolute Gasteiger partial charge is 0.323 e. The van der Waals surface area contributed by atoms with E-state index in [-0.39, 0.29) is 11.0 Å². The SMILES string of the molecule is CS(=O)(=O)c1ccnc(Oc2ccccc2)n1. The van der Waals surface area contributed by atoms with Gasteiger partial charge >= 0.3 is 6.01 Å². The zero-order valence-corrected chi connectivity index (χ0v) is 9.89. The fourth-order valence-corrected chi connectivity index (χ4v) is 1.73. The summed E-state index contributed by atoms with van der Waals surface area (Å²) in [6.07, 6.45) is 2.43. The first kappa shape index (κ1) is 11.5. The van der Waals surface area contributed by atoms with Crippen molar-refractivity contribution >= 4 is 9.84 Å². The van der Waals surface area contributed by atoms with Gasteiger partial charge in [0.2, 0.25) is 0 Å². The molecular weight excluding hydrogens is 240 g/mol. The van der Waals surface area contributed by atoms with Crippen LogP contribution >= 0.6 is 0 Å². The number of hydrogen-bond donors (Lipinski definition) is 0. The van der Waals surface area contributed by atoms with E-state index in [4.69, 9.17) is 4.74 Å². The number of benzene rings is 1. The summed E-state index contributed by atoms with van der Waals surface area (Å²) in [4.78, 5) is 7.67. The molecule has 5 nitrogen and oxygen atoms in total. The Morgan fingerprint density at radius 1 is 1.12 bits per heavy atom. The van der Waals surface area contributed by atoms with Crippen LogP contribution in [0.15, 0.2) is 47.6 Å². The Hall–Kier alpha value is -1.95. The van der Waals surface area contributed by atoms with Gasteiger partial charge in [0.15, 0.2) is 14.9 Å². The number of rotatable bonds is 3. The fraction of sp³-hybridized carbons (Fsp3) is 0.0909. The number of ether oxygens (including phenoxy) is 1. The summed E-state index contributed by atoms with van der Waals surface area (Å²) in [5.41, 5.74) is 0. The third kappa shape index (κ3) is 3.01. The number of nitrogens with zero attached hydrogens (tertiary/aromatic N) is 2. The van der Waals surface area contributed by atoms with Crippen molar-refractivity contribution in [3.63, 3.8) is 0 Å². The molecule has 88 valence electrons. The molecule has 0 N–H and O–H groups in total. The first-order valence-electron chi connectivity index (χ1n) is 4.82. The molecule has 0 aliphatic heterocycles. The Balaban J connectivity index is 2.29. The quantitative estimate of drug-likeness (QED) is 0.775. The molecule has 0 saturated heterocycles. The van der Waals surface area contributed by atoms with Crippen molar-refractivity contribution in [2.45, 2.75) is 5.03 Å². The van der Waals surface area contributed by atoms with E-state index in [1.807, 2.05) is 6.07 Å². The van der Waals surface area contributed by atoms with Crippen LogP contribution in [0, 0.1) is 0 Å². The van der Waals surface area contributed by atoms with Crippen LogP contribution in [0.2, 0.25) is 0 Å². The molecule has 0 spiro atoms. The molecule has 0 aliphatic rings. The second-order valence-corrected chi connectivity index (χ2v) is 5.33. The summed E-state index contributed by atoms with van der Waals surface area (Å²) >= 11 is 0. The van der Waals surface area contributed by atoms with Crippen LogP contribution in [0.4, 0.5) is 0 Å². The molecule has 1 aromatic heterocycles. The van der Waals surface area contributed by atoms with Crippen LogP contribution in [-0.4, -0.2) is 24.6 Å². The van der Waals surface area contributed by atoms with E-state index in [0.717, 1.165) is 6.26 Å². The molecule has 0 fully saturated rings. The third-order valence-electron chi connectivity index (χ3n) is 1.94. The van der Waals surface area contributed by atoms with Crippen molar-refractivity contribution in [2.75, 3.05) is 6.26 Å². The van der Waals surface area contributed by atoms with E-state index in [1.165, 1.54) is 12.3 Å². The Labute approximate surface area is 99.0 Å². The summed E-state index contributed by atoms with van der Waals surface area (Å²) in [7, 11) is -3.35. The highest BCUT2D eigenvalue weighted by Crippen LogP contribution is 2.17. The van der Waals surface area contributed by atoms with Gasteiger partial charge in [-0.15, -0.1) is 0 Å². The summed E-state index contributed by atoms with van der Waals surface area (Å²) in [5.74, 6) is 0.554. The maximum atomic E-state index is 11.3. The maximum absolute atomic E-state index is 11.3. The predicted molar refractivity (Wildman–Crippen MR) is 61.7 cm³/mol. The van der Waals surface area contributed by atoms with Crippen molar-refractivity contribution in [1.82, 2.24) is 9.97 Å². The largest absolute Gasteiger partial charge is 0.424 e. The number of sulfone groups is 1.